The summed E-state index contributed by atoms with van der Waals surface area (Å²) in [5.41, 5.74) is 0.752. The molecule has 0 aliphatic heterocycles. The molecule has 1 heterocycles. The minimum atomic E-state index is -0.884. The standard InChI is InChI=1S/C13H14ClNO4/c1-8(10(16)6-7-14)12(17)15-9-4-2-3-5-11(9)19-13(15)18/h2-5,8,10,16H,6-7H2,1H3/t8-,10-/m0/s1. The molecule has 2 atom stereocenters. The van der Waals surface area contributed by atoms with Gasteiger partial charge in [-0.15, -0.1) is 11.6 Å². The Hall–Kier alpha value is -1.59. The molecule has 0 radical (unpaired) electrons. The predicted octanol–water partition coefficient (Wildman–Crippen LogP) is 1.86. The van der Waals surface area contributed by atoms with E-state index in [1.54, 1.807) is 31.2 Å². The van der Waals surface area contributed by atoms with Crippen molar-refractivity contribution in [2.75, 3.05) is 5.88 Å². The number of rotatable bonds is 4. The monoisotopic (exact) mass is 283 g/mol. The average molecular weight is 284 g/mol. The van der Waals surface area contributed by atoms with Crippen LogP contribution in [0.3, 0.4) is 0 Å². The van der Waals surface area contributed by atoms with E-state index in [2.05, 4.69) is 0 Å². The van der Waals surface area contributed by atoms with Crippen LogP contribution in [0.4, 0.5) is 0 Å². The lowest BCUT2D eigenvalue weighted by Crippen LogP contribution is -2.34. The summed E-state index contributed by atoms with van der Waals surface area (Å²) < 4.78 is 5.94. The van der Waals surface area contributed by atoms with E-state index in [-0.39, 0.29) is 5.88 Å². The number of benzene rings is 1. The number of alkyl halides is 1. The third kappa shape index (κ3) is 2.57. The van der Waals surface area contributed by atoms with Crippen LogP contribution in [0, 0.1) is 5.92 Å². The number of oxazole rings is 1. The highest BCUT2D eigenvalue weighted by Crippen LogP contribution is 2.16. The van der Waals surface area contributed by atoms with E-state index in [0.717, 1.165) is 4.57 Å². The third-order valence-electron chi connectivity index (χ3n) is 3.08. The Kier molecular flexibility index (Phi) is 4.07. The Morgan fingerprint density at radius 3 is 2.84 bits per heavy atom. The number of carbonyl (C=O) groups excluding carboxylic acids is 1. The van der Waals surface area contributed by atoms with Crippen LogP contribution in [0.5, 0.6) is 0 Å². The zero-order chi connectivity index (χ0) is 14.0. The van der Waals surface area contributed by atoms with Gasteiger partial charge in [-0.25, -0.2) is 9.36 Å². The van der Waals surface area contributed by atoms with Crippen molar-refractivity contribution < 1.29 is 14.3 Å². The lowest BCUT2D eigenvalue weighted by Gasteiger charge is -2.16. The van der Waals surface area contributed by atoms with Crippen molar-refractivity contribution in [1.29, 1.82) is 0 Å². The second kappa shape index (κ2) is 5.59. The SMILES string of the molecule is C[C@H](C(=O)n1c(=O)oc2ccccc21)[C@@H](O)CCCl. The van der Waals surface area contributed by atoms with E-state index < -0.39 is 23.7 Å². The van der Waals surface area contributed by atoms with E-state index >= 15 is 0 Å². The molecule has 1 aromatic carbocycles. The molecule has 1 N–H and O–H groups in total. The zero-order valence-electron chi connectivity index (χ0n) is 10.4. The molecule has 0 saturated heterocycles. The number of aliphatic hydroxyl groups excluding tert-OH is 1. The third-order valence-corrected chi connectivity index (χ3v) is 3.30. The molecule has 0 unspecified atom stereocenters. The molecular weight excluding hydrogens is 270 g/mol. The molecule has 19 heavy (non-hydrogen) atoms. The molecule has 0 fully saturated rings. The number of aliphatic hydroxyl groups is 1. The fourth-order valence-electron chi connectivity index (χ4n) is 1.90. The van der Waals surface area contributed by atoms with Gasteiger partial charge in [-0.05, 0) is 18.6 Å². The quantitative estimate of drug-likeness (QED) is 0.869. The van der Waals surface area contributed by atoms with Crippen molar-refractivity contribution in [3.63, 3.8) is 0 Å². The fourth-order valence-corrected chi connectivity index (χ4v) is 2.13. The number of halogens is 1. The van der Waals surface area contributed by atoms with Gasteiger partial charge in [0.25, 0.3) is 0 Å². The summed E-state index contributed by atoms with van der Waals surface area (Å²) in [6.45, 7) is 1.56. The van der Waals surface area contributed by atoms with Crippen LogP contribution in [0.2, 0.25) is 0 Å². The van der Waals surface area contributed by atoms with Crippen LogP contribution < -0.4 is 5.76 Å². The van der Waals surface area contributed by atoms with Crippen molar-refractivity contribution in [1.82, 2.24) is 4.57 Å². The van der Waals surface area contributed by atoms with E-state index in [4.69, 9.17) is 16.0 Å². The molecule has 2 aromatic rings. The molecular formula is C13H14ClNO4. The fraction of sp³-hybridized carbons (Fsp3) is 0.385. The maximum absolute atomic E-state index is 12.3. The molecule has 2 rings (SSSR count). The van der Waals surface area contributed by atoms with Gasteiger partial charge in [0.05, 0.1) is 17.5 Å². The van der Waals surface area contributed by atoms with Crippen LogP contribution in [0.15, 0.2) is 33.5 Å². The van der Waals surface area contributed by atoms with Crippen molar-refractivity contribution in [3.05, 3.63) is 34.8 Å². The zero-order valence-corrected chi connectivity index (χ0v) is 11.1. The van der Waals surface area contributed by atoms with Crippen molar-refractivity contribution in [2.24, 2.45) is 5.92 Å². The lowest BCUT2D eigenvalue weighted by molar-refractivity contribution is 0.0622. The number of nitrogens with zero attached hydrogens (tertiary/aromatic N) is 1. The van der Waals surface area contributed by atoms with E-state index in [9.17, 15) is 14.7 Å². The Morgan fingerprint density at radius 2 is 2.16 bits per heavy atom. The normalized spacial score (nSPS) is 14.5. The second-order valence-electron chi connectivity index (χ2n) is 4.34. The van der Waals surface area contributed by atoms with Crippen LogP contribution in [-0.4, -0.2) is 27.6 Å². The van der Waals surface area contributed by atoms with Crippen molar-refractivity contribution in [2.45, 2.75) is 19.4 Å². The number of hydrogen-bond acceptors (Lipinski definition) is 4. The van der Waals surface area contributed by atoms with E-state index in [1.165, 1.54) is 0 Å². The minimum absolute atomic E-state index is 0.250. The Bertz CT molecular complexity index is 645. The van der Waals surface area contributed by atoms with Gasteiger partial charge in [0, 0.05) is 5.88 Å². The molecule has 0 aliphatic carbocycles. The summed E-state index contributed by atoms with van der Waals surface area (Å²) in [5, 5.41) is 9.80. The highest BCUT2D eigenvalue weighted by Gasteiger charge is 2.26. The average Bonchev–Trinajstić information content (AvgIpc) is 2.73. The number of aromatic nitrogens is 1. The number of para-hydroxylation sites is 2. The molecule has 1 aromatic heterocycles. The number of carbonyl (C=O) groups is 1. The van der Waals surface area contributed by atoms with Gasteiger partial charge in [0.1, 0.15) is 0 Å². The molecule has 5 nitrogen and oxygen atoms in total. The second-order valence-corrected chi connectivity index (χ2v) is 4.72. The summed E-state index contributed by atoms with van der Waals surface area (Å²) in [7, 11) is 0. The minimum Gasteiger partial charge on any atom is -0.407 e. The van der Waals surface area contributed by atoms with Gasteiger partial charge in [0.15, 0.2) is 5.58 Å². The first kappa shape index (κ1) is 13.8. The van der Waals surface area contributed by atoms with Crippen LogP contribution in [-0.2, 0) is 0 Å². The van der Waals surface area contributed by atoms with Crippen molar-refractivity contribution in [3.8, 4) is 0 Å². The molecule has 102 valence electrons. The first-order valence-corrected chi connectivity index (χ1v) is 6.48. The summed E-state index contributed by atoms with van der Waals surface area (Å²) in [5.74, 6) is -1.71. The van der Waals surface area contributed by atoms with Gasteiger partial charge < -0.3 is 9.52 Å². The van der Waals surface area contributed by atoms with Crippen molar-refractivity contribution >= 4 is 28.6 Å². The molecule has 0 amide bonds. The lowest BCUT2D eigenvalue weighted by atomic mass is 10.0. The van der Waals surface area contributed by atoms with Crippen LogP contribution in [0.25, 0.3) is 11.1 Å². The van der Waals surface area contributed by atoms with E-state index in [0.29, 0.717) is 17.5 Å². The first-order valence-electron chi connectivity index (χ1n) is 5.95. The maximum atomic E-state index is 12.3. The smallest absolute Gasteiger partial charge is 0.407 e. The molecule has 0 spiro atoms. The number of fused-ring (bicyclic) bond motifs is 1. The summed E-state index contributed by atoms with van der Waals surface area (Å²) >= 11 is 5.54. The van der Waals surface area contributed by atoms with Gasteiger partial charge in [0.2, 0.25) is 5.91 Å². The summed E-state index contributed by atoms with van der Waals surface area (Å²) in [6.07, 6.45) is -0.593. The summed E-state index contributed by atoms with van der Waals surface area (Å²) in [6, 6.07) is 6.66. The maximum Gasteiger partial charge on any atom is 0.426 e. The largest absolute Gasteiger partial charge is 0.426 e. The summed E-state index contributed by atoms with van der Waals surface area (Å²) in [4.78, 5) is 24.0. The highest BCUT2D eigenvalue weighted by atomic mass is 35.5. The first-order chi connectivity index (χ1) is 9.06. The van der Waals surface area contributed by atoms with Gasteiger partial charge >= 0.3 is 5.76 Å². The van der Waals surface area contributed by atoms with Crippen LogP contribution >= 0.6 is 11.6 Å². The van der Waals surface area contributed by atoms with Crippen LogP contribution in [0.1, 0.15) is 18.1 Å². The van der Waals surface area contributed by atoms with Gasteiger partial charge in [-0.1, -0.05) is 19.1 Å². The molecule has 0 bridgehead atoms. The predicted molar refractivity (Wildman–Crippen MR) is 71.6 cm³/mol. The Labute approximate surface area is 114 Å². The highest BCUT2D eigenvalue weighted by molar-refractivity contribution is 6.17. The Morgan fingerprint density at radius 1 is 1.47 bits per heavy atom. The molecule has 0 aliphatic rings. The van der Waals surface area contributed by atoms with Gasteiger partial charge in [-0.3, -0.25) is 4.79 Å². The van der Waals surface area contributed by atoms with E-state index in [1.807, 2.05) is 0 Å². The Balaban J connectivity index is 2.41. The molecule has 0 saturated carbocycles. The van der Waals surface area contributed by atoms with Gasteiger partial charge in [-0.2, -0.15) is 0 Å². The topological polar surface area (TPSA) is 72.4 Å². The number of hydrogen-bond donors (Lipinski definition) is 1. The molecule has 6 heteroatoms.